The summed E-state index contributed by atoms with van der Waals surface area (Å²) in [5.74, 6) is 0.185. The number of hydrogen-bond donors (Lipinski definition) is 3. The standard InChI is InChI=1S/C20H28N4O4/c1-13-9-15(19(26)21-7-8-28-2)3-6-17(13)23-20(27)22-11-14-10-18(25)24(12-14)16-4-5-16/h3,6,9,14,16H,4-5,7-8,10-12H2,1-2H3,(H,21,26)(H2,22,23,27). The Bertz CT molecular complexity index is 748. The second-order valence-corrected chi connectivity index (χ2v) is 7.46. The van der Waals surface area contributed by atoms with Crippen LogP contribution in [0.15, 0.2) is 18.2 Å². The maximum Gasteiger partial charge on any atom is 0.319 e. The molecule has 1 aromatic carbocycles. The summed E-state index contributed by atoms with van der Waals surface area (Å²) in [7, 11) is 1.58. The summed E-state index contributed by atoms with van der Waals surface area (Å²) >= 11 is 0. The Morgan fingerprint density at radius 2 is 2.04 bits per heavy atom. The van der Waals surface area contributed by atoms with Gasteiger partial charge in [0.1, 0.15) is 0 Å². The van der Waals surface area contributed by atoms with Crippen molar-refractivity contribution in [2.45, 2.75) is 32.2 Å². The molecule has 8 heteroatoms. The molecule has 1 unspecified atom stereocenters. The molecule has 1 saturated heterocycles. The van der Waals surface area contributed by atoms with Crippen LogP contribution in [0.1, 0.15) is 35.2 Å². The Balaban J connectivity index is 1.46. The molecule has 28 heavy (non-hydrogen) atoms. The van der Waals surface area contributed by atoms with E-state index >= 15 is 0 Å². The van der Waals surface area contributed by atoms with Gasteiger partial charge in [-0.15, -0.1) is 0 Å². The van der Waals surface area contributed by atoms with Gasteiger partial charge in [0.05, 0.1) is 6.61 Å². The average Bonchev–Trinajstić information content (AvgIpc) is 3.44. The lowest BCUT2D eigenvalue weighted by molar-refractivity contribution is -0.128. The molecule has 2 aliphatic rings. The molecule has 1 aliphatic carbocycles. The second-order valence-electron chi connectivity index (χ2n) is 7.46. The lowest BCUT2D eigenvalue weighted by atomic mass is 10.1. The zero-order chi connectivity index (χ0) is 20.1. The lowest BCUT2D eigenvalue weighted by Crippen LogP contribution is -2.34. The van der Waals surface area contributed by atoms with Crippen LogP contribution in [0.25, 0.3) is 0 Å². The first-order valence-corrected chi connectivity index (χ1v) is 9.70. The normalized spacial score (nSPS) is 18.9. The minimum absolute atomic E-state index is 0.165. The van der Waals surface area contributed by atoms with Crippen molar-refractivity contribution in [1.29, 1.82) is 0 Å². The van der Waals surface area contributed by atoms with Crippen LogP contribution in [0.5, 0.6) is 0 Å². The predicted octanol–water partition coefficient (Wildman–Crippen LogP) is 1.50. The number of carbonyl (C=O) groups excluding carboxylic acids is 3. The van der Waals surface area contributed by atoms with Crippen molar-refractivity contribution in [2.24, 2.45) is 5.92 Å². The molecule has 0 aromatic heterocycles. The third-order valence-electron chi connectivity index (χ3n) is 5.11. The summed E-state index contributed by atoms with van der Waals surface area (Å²) < 4.78 is 4.91. The Hall–Kier alpha value is -2.61. The quantitative estimate of drug-likeness (QED) is 0.588. The van der Waals surface area contributed by atoms with Crippen molar-refractivity contribution >= 4 is 23.5 Å². The number of anilines is 1. The van der Waals surface area contributed by atoms with Crippen molar-refractivity contribution in [3.8, 4) is 0 Å². The summed E-state index contributed by atoms with van der Waals surface area (Å²) in [6, 6.07) is 5.25. The number of aryl methyl sites for hydroxylation is 1. The number of nitrogens with zero attached hydrogens (tertiary/aromatic N) is 1. The first-order valence-electron chi connectivity index (χ1n) is 9.70. The van der Waals surface area contributed by atoms with Crippen LogP contribution in [0.4, 0.5) is 10.5 Å². The fraction of sp³-hybridized carbons (Fsp3) is 0.550. The highest BCUT2D eigenvalue weighted by Gasteiger charge is 2.39. The third kappa shape index (κ3) is 5.22. The summed E-state index contributed by atoms with van der Waals surface area (Å²) in [6.45, 7) is 3.94. The zero-order valence-electron chi connectivity index (χ0n) is 16.4. The van der Waals surface area contributed by atoms with Gasteiger partial charge < -0.3 is 25.6 Å². The highest BCUT2D eigenvalue weighted by molar-refractivity contribution is 5.96. The summed E-state index contributed by atoms with van der Waals surface area (Å²) in [4.78, 5) is 38.2. The Kier molecular flexibility index (Phi) is 6.51. The summed E-state index contributed by atoms with van der Waals surface area (Å²) in [5, 5.41) is 8.42. The Morgan fingerprint density at radius 3 is 2.71 bits per heavy atom. The lowest BCUT2D eigenvalue weighted by Gasteiger charge is -2.16. The smallest absolute Gasteiger partial charge is 0.319 e. The third-order valence-corrected chi connectivity index (χ3v) is 5.11. The van der Waals surface area contributed by atoms with E-state index in [0.717, 1.165) is 24.9 Å². The number of urea groups is 1. The van der Waals surface area contributed by atoms with E-state index in [4.69, 9.17) is 4.74 Å². The van der Waals surface area contributed by atoms with E-state index in [0.29, 0.717) is 43.4 Å². The number of benzene rings is 1. The van der Waals surface area contributed by atoms with E-state index in [2.05, 4.69) is 16.0 Å². The molecule has 1 aliphatic heterocycles. The summed E-state index contributed by atoms with van der Waals surface area (Å²) in [6.07, 6.45) is 2.71. The molecule has 8 nitrogen and oxygen atoms in total. The van der Waals surface area contributed by atoms with Gasteiger partial charge in [-0.05, 0) is 43.5 Å². The molecule has 1 saturated carbocycles. The Labute approximate surface area is 165 Å². The topological polar surface area (TPSA) is 99.8 Å². The van der Waals surface area contributed by atoms with Gasteiger partial charge in [-0.3, -0.25) is 9.59 Å². The number of rotatable bonds is 8. The van der Waals surface area contributed by atoms with Gasteiger partial charge in [-0.2, -0.15) is 0 Å². The van der Waals surface area contributed by atoms with Crippen molar-refractivity contribution in [3.05, 3.63) is 29.3 Å². The summed E-state index contributed by atoms with van der Waals surface area (Å²) in [5.41, 5.74) is 1.97. The number of ether oxygens (including phenoxy) is 1. The molecular weight excluding hydrogens is 360 g/mol. The molecule has 1 heterocycles. The predicted molar refractivity (Wildman–Crippen MR) is 105 cm³/mol. The number of nitrogens with one attached hydrogen (secondary N) is 3. The van der Waals surface area contributed by atoms with Crippen LogP contribution < -0.4 is 16.0 Å². The fourth-order valence-electron chi connectivity index (χ4n) is 3.40. The molecular formula is C20H28N4O4. The molecule has 3 N–H and O–H groups in total. The molecule has 152 valence electrons. The fourth-order valence-corrected chi connectivity index (χ4v) is 3.40. The number of methoxy groups -OCH3 is 1. The molecule has 2 fully saturated rings. The Morgan fingerprint density at radius 1 is 1.25 bits per heavy atom. The van der Waals surface area contributed by atoms with Crippen LogP contribution in [0, 0.1) is 12.8 Å². The first-order chi connectivity index (χ1) is 13.5. The molecule has 1 atom stereocenters. The number of amides is 4. The van der Waals surface area contributed by atoms with E-state index in [-0.39, 0.29) is 23.8 Å². The zero-order valence-corrected chi connectivity index (χ0v) is 16.4. The molecule has 0 bridgehead atoms. The molecule has 3 rings (SSSR count). The SMILES string of the molecule is COCCNC(=O)c1ccc(NC(=O)NCC2CC(=O)N(C3CC3)C2)c(C)c1. The minimum Gasteiger partial charge on any atom is -0.383 e. The van der Waals surface area contributed by atoms with Crippen LogP contribution in [0.2, 0.25) is 0 Å². The largest absolute Gasteiger partial charge is 0.383 e. The van der Waals surface area contributed by atoms with Crippen molar-refractivity contribution in [2.75, 3.05) is 38.7 Å². The van der Waals surface area contributed by atoms with Crippen LogP contribution >= 0.6 is 0 Å². The maximum absolute atomic E-state index is 12.2. The van der Waals surface area contributed by atoms with Crippen LogP contribution in [-0.2, 0) is 9.53 Å². The van der Waals surface area contributed by atoms with Gasteiger partial charge in [-0.1, -0.05) is 0 Å². The van der Waals surface area contributed by atoms with Crippen LogP contribution in [-0.4, -0.2) is 62.1 Å². The van der Waals surface area contributed by atoms with E-state index < -0.39 is 0 Å². The molecule has 4 amide bonds. The average molecular weight is 388 g/mol. The number of carbonyl (C=O) groups is 3. The van der Waals surface area contributed by atoms with Gasteiger partial charge in [0.15, 0.2) is 0 Å². The minimum atomic E-state index is -0.308. The molecule has 1 aromatic rings. The number of hydrogen-bond acceptors (Lipinski definition) is 4. The van der Waals surface area contributed by atoms with Crippen LogP contribution in [0.3, 0.4) is 0 Å². The van der Waals surface area contributed by atoms with E-state index in [1.165, 1.54) is 0 Å². The monoisotopic (exact) mass is 388 g/mol. The van der Waals surface area contributed by atoms with Gasteiger partial charge in [-0.25, -0.2) is 4.79 Å². The van der Waals surface area contributed by atoms with Gasteiger partial charge >= 0.3 is 6.03 Å². The van der Waals surface area contributed by atoms with Crippen molar-refractivity contribution in [1.82, 2.24) is 15.5 Å². The highest BCUT2D eigenvalue weighted by Crippen LogP contribution is 2.32. The first kappa shape index (κ1) is 20.1. The highest BCUT2D eigenvalue weighted by atomic mass is 16.5. The van der Waals surface area contributed by atoms with Gasteiger partial charge in [0, 0.05) is 56.4 Å². The number of likely N-dealkylation sites (tertiary alicyclic amines) is 1. The van der Waals surface area contributed by atoms with E-state index in [9.17, 15) is 14.4 Å². The van der Waals surface area contributed by atoms with E-state index in [1.54, 1.807) is 25.3 Å². The van der Waals surface area contributed by atoms with Gasteiger partial charge in [0.25, 0.3) is 5.91 Å². The van der Waals surface area contributed by atoms with E-state index in [1.807, 2.05) is 11.8 Å². The van der Waals surface area contributed by atoms with Gasteiger partial charge in [0.2, 0.25) is 5.91 Å². The molecule has 0 radical (unpaired) electrons. The van der Waals surface area contributed by atoms with Crippen molar-refractivity contribution < 1.29 is 19.1 Å². The second kappa shape index (κ2) is 9.05. The van der Waals surface area contributed by atoms with Crippen molar-refractivity contribution in [3.63, 3.8) is 0 Å². The molecule has 0 spiro atoms. The maximum atomic E-state index is 12.2.